The van der Waals surface area contributed by atoms with E-state index in [-0.39, 0.29) is 12.5 Å². The molecule has 0 fully saturated rings. The molecule has 3 amide bonds. The van der Waals surface area contributed by atoms with E-state index in [1.54, 1.807) is 63.2 Å². The first kappa shape index (κ1) is 23.5. The zero-order valence-electron chi connectivity index (χ0n) is 18.2. The molecule has 0 aliphatic carbocycles. The third-order valence-corrected chi connectivity index (χ3v) is 3.83. The van der Waals surface area contributed by atoms with Crippen molar-refractivity contribution in [3.05, 3.63) is 48.0 Å². The number of hydrogen-bond acceptors (Lipinski definition) is 6. The van der Waals surface area contributed by atoms with Crippen LogP contribution < -0.4 is 25.4 Å². The predicted octanol–water partition coefficient (Wildman–Crippen LogP) is 3.42. The van der Waals surface area contributed by atoms with Gasteiger partial charge in [0.05, 0.1) is 14.2 Å². The van der Waals surface area contributed by atoms with E-state index in [4.69, 9.17) is 14.2 Å². The summed E-state index contributed by atoms with van der Waals surface area (Å²) in [5, 5.41) is 7.80. The third kappa shape index (κ3) is 7.88. The molecular weight excluding hydrogens is 402 g/mol. The second-order valence-corrected chi connectivity index (χ2v) is 7.54. The summed E-state index contributed by atoms with van der Waals surface area (Å²) in [6, 6.07) is 11.4. The largest absolute Gasteiger partial charge is 0.497 e. The van der Waals surface area contributed by atoms with Gasteiger partial charge in [-0.25, -0.2) is 4.79 Å². The van der Waals surface area contributed by atoms with Crippen LogP contribution in [0.5, 0.6) is 11.5 Å². The fourth-order valence-corrected chi connectivity index (χ4v) is 2.45. The van der Waals surface area contributed by atoms with E-state index in [1.165, 1.54) is 14.2 Å². The van der Waals surface area contributed by atoms with E-state index in [1.807, 2.05) is 0 Å². The van der Waals surface area contributed by atoms with Gasteiger partial charge in [-0.2, -0.15) is 0 Å². The Morgan fingerprint density at radius 3 is 1.84 bits per heavy atom. The highest BCUT2D eigenvalue weighted by Crippen LogP contribution is 2.23. The number of hydrogen-bond donors (Lipinski definition) is 3. The van der Waals surface area contributed by atoms with Crippen LogP contribution in [-0.2, 0) is 9.53 Å². The van der Waals surface area contributed by atoms with Crippen molar-refractivity contribution in [1.29, 1.82) is 0 Å². The maximum Gasteiger partial charge on any atom is 0.408 e. The summed E-state index contributed by atoms with van der Waals surface area (Å²) in [4.78, 5) is 36.1. The number of ether oxygens (including phenoxy) is 3. The summed E-state index contributed by atoms with van der Waals surface area (Å²) in [6.07, 6.45) is -0.671. The number of carbonyl (C=O) groups is 3. The number of alkyl carbamates (subject to hydrolysis) is 1. The number of carbonyl (C=O) groups excluding carboxylic acids is 3. The number of anilines is 2. The van der Waals surface area contributed by atoms with Crippen molar-refractivity contribution in [3.63, 3.8) is 0 Å². The van der Waals surface area contributed by atoms with Gasteiger partial charge in [-0.1, -0.05) is 0 Å². The maximum absolute atomic E-state index is 12.5. The Balaban J connectivity index is 1.91. The lowest BCUT2D eigenvalue weighted by Gasteiger charge is -2.19. The molecule has 2 rings (SSSR count). The molecule has 0 atom stereocenters. The van der Waals surface area contributed by atoms with E-state index < -0.39 is 17.6 Å². The summed E-state index contributed by atoms with van der Waals surface area (Å²) in [7, 11) is 3.01. The molecule has 0 saturated heterocycles. The van der Waals surface area contributed by atoms with Crippen molar-refractivity contribution in [1.82, 2.24) is 5.32 Å². The van der Waals surface area contributed by atoms with Crippen molar-refractivity contribution in [2.75, 3.05) is 31.4 Å². The lowest BCUT2D eigenvalue weighted by Crippen LogP contribution is -2.37. The first-order valence-corrected chi connectivity index (χ1v) is 9.51. The monoisotopic (exact) mass is 429 g/mol. The highest BCUT2D eigenvalue weighted by molar-refractivity contribution is 6.05. The first-order chi connectivity index (χ1) is 14.6. The molecule has 2 aromatic carbocycles. The van der Waals surface area contributed by atoms with Gasteiger partial charge in [0.25, 0.3) is 5.91 Å². The van der Waals surface area contributed by atoms with Gasteiger partial charge in [-0.05, 0) is 57.2 Å². The Labute approximate surface area is 181 Å². The Hall–Kier alpha value is -3.75. The maximum atomic E-state index is 12.5. The van der Waals surface area contributed by atoms with Gasteiger partial charge in [0.2, 0.25) is 5.91 Å². The molecule has 0 saturated carbocycles. The second-order valence-electron chi connectivity index (χ2n) is 7.54. The van der Waals surface area contributed by atoms with E-state index in [0.717, 1.165) is 0 Å². The molecule has 2 aromatic rings. The molecule has 9 nitrogen and oxygen atoms in total. The normalized spacial score (nSPS) is 10.6. The van der Waals surface area contributed by atoms with Gasteiger partial charge < -0.3 is 30.2 Å². The lowest BCUT2D eigenvalue weighted by molar-refractivity contribution is -0.115. The predicted molar refractivity (Wildman–Crippen MR) is 117 cm³/mol. The Morgan fingerprint density at radius 2 is 1.35 bits per heavy atom. The summed E-state index contributed by atoms with van der Waals surface area (Å²) < 4.78 is 15.4. The molecule has 0 spiro atoms. The van der Waals surface area contributed by atoms with E-state index in [2.05, 4.69) is 16.0 Å². The number of rotatable bonds is 7. The highest BCUT2D eigenvalue weighted by Gasteiger charge is 2.16. The van der Waals surface area contributed by atoms with Gasteiger partial charge in [0, 0.05) is 23.0 Å². The topological polar surface area (TPSA) is 115 Å². The van der Waals surface area contributed by atoms with Crippen LogP contribution in [0, 0.1) is 0 Å². The molecule has 0 unspecified atom stereocenters. The smallest absolute Gasteiger partial charge is 0.408 e. The quantitative estimate of drug-likeness (QED) is 0.621. The van der Waals surface area contributed by atoms with Crippen LogP contribution in [0.4, 0.5) is 16.2 Å². The average molecular weight is 429 g/mol. The van der Waals surface area contributed by atoms with Crippen molar-refractivity contribution < 1.29 is 28.6 Å². The number of methoxy groups -OCH3 is 2. The summed E-state index contributed by atoms with van der Waals surface area (Å²) >= 11 is 0. The number of benzene rings is 2. The van der Waals surface area contributed by atoms with Crippen LogP contribution in [0.3, 0.4) is 0 Å². The number of amides is 3. The zero-order chi connectivity index (χ0) is 23.0. The average Bonchev–Trinajstić information content (AvgIpc) is 2.72. The molecule has 0 aromatic heterocycles. The van der Waals surface area contributed by atoms with E-state index in [9.17, 15) is 14.4 Å². The van der Waals surface area contributed by atoms with Crippen molar-refractivity contribution in [2.45, 2.75) is 26.4 Å². The minimum atomic E-state index is -0.671. The lowest BCUT2D eigenvalue weighted by atomic mass is 10.1. The zero-order valence-corrected chi connectivity index (χ0v) is 18.2. The Kier molecular flexibility index (Phi) is 7.84. The summed E-state index contributed by atoms with van der Waals surface area (Å²) in [5.74, 6) is 0.256. The molecule has 9 heteroatoms. The van der Waals surface area contributed by atoms with Crippen LogP contribution in [0.1, 0.15) is 31.1 Å². The summed E-state index contributed by atoms with van der Waals surface area (Å²) in [6.45, 7) is 4.97. The second kappa shape index (κ2) is 10.3. The first-order valence-electron chi connectivity index (χ1n) is 9.51. The standard InChI is InChI=1S/C22H27N3O6/c1-22(2,3)31-21(28)23-13-19(26)24-15-6-8-16(9-7-15)25-20(27)14-10-17(29-4)12-18(11-14)30-5/h6-12H,13H2,1-5H3,(H,23,28)(H,24,26)(H,25,27). The van der Waals surface area contributed by atoms with Crippen LogP contribution in [0.2, 0.25) is 0 Å². The van der Waals surface area contributed by atoms with Gasteiger partial charge in [0.1, 0.15) is 23.6 Å². The minimum Gasteiger partial charge on any atom is -0.497 e. The van der Waals surface area contributed by atoms with Crippen molar-refractivity contribution in [2.24, 2.45) is 0 Å². The molecule has 31 heavy (non-hydrogen) atoms. The SMILES string of the molecule is COc1cc(OC)cc(C(=O)Nc2ccc(NC(=O)CNC(=O)OC(C)(C)C)cc2)c1. The molecular formula is C22H27N3O6. The minimum absolute atomic E-state index is 0.231. The van der Waals surface area contributed by atoms with Crippen LogP contribution in [-0.4, -0.2) is 44.3 Å². The van der Waals surface area contributed by atoms with Crippen LogP contribution in [0.25, 0.3) is 0 Å². The third-order valence-electron chi connectivity index (χ3n) is 3.83. The highest BCUT2D eigenvalue weighted by atomic mass is 16.6. The fraction of sp³-hybridized carbons (Fsp3) is 0.318. The molecule has 3 N–H and O–H groups in total. The van der Waals surface area contributed by atoms with Gasteiger partial charge in [-0.3, -0.25) is 9.59 Å². The Morgan fingerprint density at radius 1 is 0.839 bits per heavy atom. The van der Waals surface area contributed by atoms with Crippen molar-refractivity contribution >= 4 is 29.3 Å². The molecule has 166 valence electrons. The molecule has 0 aliphatic rings. The molecule has 0 aliphatic heterocycles. The number of nitrogens with one attached hydrogen (secondary N) is 3. The molecule has 0 heterocycles. The van der Waals surface area contributed by atoms with Gasteiger partial charge in [-0.15, -0.1) is 0 Å². The fourth-order valence-electron chi connectivity index (χ4n) is 2.45. The van der Waals surface area contributed by atoms with Gasteiger partial charge >= 0.3 is 6.09 Å². The van der Waals surface area contributed by atoms with Crippen LogP contribution >= 0.6 is 0 Å². The van der Waals surface area contributed by atoms with Gasteiger partial charge in [0.15, 0.2) is 0 Å². The molecule has 0 bridgehead atoms. The van der Waals surface area contributed by atoms with E-state index in [0.29, 0.717) is 28.4 Å². The van der Waals surface area contributed by atoms with Crippen molar-refractivity contribution in [3.8, 4) is 11.5 Å². The Bertz CT molecular complexity index is 913. The van der Waals surface area contributed by atoms with E-state index >= 15 is 0 Å². The summed E-state index contributed by atoms with van der Waals surface area (Å²) in [5.41, 5.74) is 0.784. The molecule has 0 radical (unpaired) electrons. The van der Waals surface area contributed by atoms with Crippen LogP contribution in [0.15, 0.2) is 42.5 Å².